The minimum Gasteiger partial charge on any atom is -0.397 e. The second-order valence-corrected chi connectivity index (χ2v) is 7.53. The van der Waals surface area contributed by atoms with E-state index in [1.165, 1.54) is 11.3 Å². The summed E-state index contributed by atoms with van der Waals surface area (Å²) >= 11 is 13.3. The summed E-state index contributed by atoms with van der Waals surface area (Å²) in [6.45, 7) is 0. The van der Waals surface area contributed by atoms with Gasteiger partial charge in [-0.3, -0.25) is 9.78 Å². The van der Waals surface area contributed by atoms with Crippen LogP contribution in [-0.2, 0) is 0 Å². The fraction of sp³-hybridized carbons (Fsp3) is 0. The first-order valence-electron chi connectivity index (χ1n) is 7.90. The van der Waals surface area contributed by atoms with E-state index >= 15 is 0 Å². The summed E-state index contributed by atoms with van der Waals surface area (Å²) in [6.07, 6.45) is 1.71. The Balaban J connectivity index is 1.70. The monoisotopic (exact) mass is 414 g/mol. The van der Waals surface area contributed by atoms with Crippen LogP contribution in [0, 0.1) is 0 Å². The summed E-state index contributed by atoms with van der Waals surface area (Å²) in [5.74, 6) is -0.362. The van der Waals surface area contributed by atoms with Crippen molar-refractivity contribution >= 4 is 62.0 Å². The molecule has 27 heavy (non-hydrogen) atoms. The second-order valence-electron chi connectivity index (χ2n) is 5.69. The highest BCUT2D eigenvalue weighted by atomic mass is 35.5. The number of halogens is 2. The van der Waals surface area contributed by atoms with Gasteiger partial charge in [0.05, 0.1) is 27.8 Å². The van der Waals surface area contributed by atoms with Gasteiger partial charge in [0.2, 0.25) is 0 Å². The Morgan fingerprint density at radius 2 is 1.93 bits per heavy atom. The fourth-order valence-corrected chi connectivity index (χ4v) is 3.92. The quantitative estimate of drug-likeness (QED) is 0.463. The molecule has 0 bridgehead atoms. The zero-order valence-electron chi connectivity index (χ0n) is 13.7. The van der Waals surface area contributed by atoms with Crippen LogP contribution in [0.15, 0.2) is 54.7 Å². The van der Waals surface area contributed by atoms with Crippen LogP contribution < -0.4 is 11.1 Å². The van der Waals surface area contributed by atoms with Gasteiger partial charge in [-0.25, -0.2) is 4.98 Å². The van der Waals surface area contributed by atoms with Gasteiger partial charge in [0.25, 0.3) is 5.91 Å². The van der Waals surface area contributed by atoms with Crippen LogP contribution in [0.25, 0.3) is 21.6 Å². The lowest BCUT2D eigenvalue weighted by Gasteiger charge is -2.07. The molecule has 0 aliphatic rings. The molecule has 134 valence electrons. The number of nitrogens with two attached hydrogens (primary N) is 1. The van der Waals surface area contributed by atoms with Crippen molar-refractivity contribution < 1.29 is 4.79 Å². The topological polar surface area (TPSA) is 80.9 Å². The Bertz CT molecular complexity index is 1160. The van der Waals surface area contributed by atoms with Crippen LogP contribution in [0.3, 0.4) is 0 Å². The van der Waals surface area contributed by atoms with Gasteiger partial charge < -0.3 is 11.1 Å². The molecule has 1 aromatic carbocycles. The molecule has 3 aromatic heterocycles. The summed E-state index contributed by atoms with van der Waals surface area (Å²) in [4.78, 5) is 22.6. The van der Waals surface area contributed by atoms with Crippen molar-refractivity contribution in [2.24, 2.45) is 0 Å². The number of nitrogens with zero attached hydrogens (tertiary/aromatic N) is 2. The van der Waals surface area contributed by atoms with E-state index in [9.17, 15) is 4.79 Å². The number of nitrogens with one attached hydrogen (secondary N) is 1. The average molecular weight is 415 g/mol. The molecule has 4 aromatic rings. The number of anilines is 2. The molecular weight excluding hydrogens is 403 g/mol. The van der Waals surface area contributed by atoms with Gasteiger partial charge in [-0.1, -0.05) is 29.3 Å². The van der Waals surface area contributed by atoms with E-state index in [0.717, 1.165) is 11.1 Å². The molecular formula is C19H12Cl2N4OS. The molecule has 8 heteroatoms. The lowest BCUT2D eigenvalue weighted by Crippen LogP contribution is -2.12. The first-order valence-corrected chi connectivity index (χ1v) is 9.47. The molecule has 3 heterocycles. The number of aromatic nitrogens is 2. The SMILES string of the molecule is Nc1c(C(=O)Nc2cc(Cl)ccc2Cl)sc2nc(-c3ccccn3)ccc12. The van der Waals surface area contributed by atoms with Crippen molar-refractivity contribution in [3.8, 4) is 11.4 Å². The summed E-state index contributed by atoms with van der Waals surface area (Å²) in [7, 11) is 0. The van der Waals surface area contributed by atoms with Crippen molar-refractivity contribution in [3.05, 3.63) is 69.7 Å². The Labute approximate surface area is 168 Å². The number of benzene rings is 1. The third-order valence-electron chi connectivity index (χ3n) is 3.90. The molecule has 5 nitrogen and oxygen atoms in total. The van der Waals surface area contributed by atoms with Crippen molar-refractivity contribution in [3.63, 3.8) is 0 Å². The molecule has 0 saturated carbocycles. The molecule has 0 saturated heterocycles. The third-order valence-corrected chi connectivity index (χ3v) is 5.58. The van der Waals surface area contributed by atoms with Gasteiger partial charge in [0, 0.05) is 16.6 Å². The number of hydrogen-bond acceptors (Lipinski definition) is 5. The largest absolute Gasteiger partial charge is 0.397 e. The van der Waals surface area contributed by atoms with Crippen LogP contribution in [0.1, 0.15) is 9.67 Å². The summed E-state index contributed by atoms with van der Waals surface area (Å²) in [5.41, 5.74) is 8.46. The Morgan fingerprint density at radius 1 is 1.07 bits per heavy atom. The van der Waals surface area contributed by atoms with E-state index in [1.54, 1.807) is 24.4 Å². The van der Waals surface area contributed by atoms with E-state index < -0.39 is 0 Å². The van der Waals surface area contributed by atoms with Crippen molar-refractivity contribution in [1.29, 1.82) is 0 Å². The van der Waals surface area contributed by atoms with E-state index in [2.05, 4.69) is 15.3 Å². The normalized spacial score (nSPS) is 10.9. The number of carbonyl (C=O) groups excluding carboxylic acids is 1. The first kappa shape index (κ1) is 17.7. The number of pyridine rings is 2. The second kappa shape index (κ2) is 7.15. The maximum atomic E-state index is 12.7. The molecule has 0 fully saturated rings. The Hall–Kier alpha value is -2.67. The zero-order valence-corrected chi connectivity index (χ0v) is 16.1. The maximum absolute atomic E-state index is 12.7. The first-order chi connectivity index (χ1) is 13.0. The highest BCUT2D eigenvalue weighted by molar-refractivity contribution is 7.21. The average Bonchev–Trinajstić information content (AvgIpc) is 3.01. The molecule has 0 atom stereocenters. The molecule has 0 aliphatic heterocycles. The lowest BCUT2D eigenvalue weighted by atomic mass is 10.2. The molecule has 1 amide bonds. The van der Waals surface area contributed by atoms with Crippen molar-refractivity contribution in [2.75, 3.05) is 11.1 Å². The molecule has 0 unspecified atom stereocenters. The number of carbonyl (C=O) groups is 1. The van der Waals surface area contributed by atoms with E-state index in [-0.39, 0.29) is 5.91 Å². The summed E-state index contributed by atoms with van der Waals surface area (Å²) in [6, 6.07) is 14.2. The minimum absolute atomic E-state index is 0.362. The third kappa shape index (κ3) is 3.47. The van der Waals surface area contributed by atoms with Crippen LogP contribution in [-0.4, -0.2) is 15.9 Å². The zero-order chi connectivity index (χ0) is 19.0. The number of rotatable bonds is 3. The molecule has 0 aliphatic carbocycles. The van der Waals surface area contributed by atoms with Crippen LogP contribution >= 0.6 is 34.5 Å². The van der Waals surface area contributed by atoms with Crippen LogP contribution in [0.2, 0.25) is 10.0 Å². The van der Waals surface area contributed by atoms with E-state index in [4.69, 9.17) is 28.9 Å². The highest BCUT2D eigenvalue weighted by Gasteiger charge is 2.19. The van der Waals surface area contributed by atoms with Gasteiger partial charge in [-0.15, -0.1) is 11.3 Å². The van der Waals surface area contributed by atoms with Crippen LogP contribution in [0.4, 0.5) is 11.4 Å². The standard InChI is InChI=1S/C19H12Cl2N4OS/c20-10-4-6-12(21)15(9-10)24-18(26)17-16(22)11-5-7-14(25-19(11)27-17)13-3-1-2-8-23-13/h1-9H,22H2,(H,24,26). The van der Waals surface area contributed by atoms with Gasteiger partial charge in [-0.05, 0) is 42.5 Å². The summed E-state index contributed by atoms with van der Waals surface area (Å²) < 4.78 is 0. The number of nitrogen functional groups attached to an aromatic ring is 1. The maximum Gasteiger partial charge on any atom is 0.267 e. The number of fused-ring (bicyclic) bond motifs is 1. The fourth-order valence-electron chi connectivity index (χ4n) is 2.60. The Morgan fingerprint density at radius 3 is 2.70 bits per heavy atom. The number of thiophene rings is 1. The van der Waals surface area contributed by atoms with Gasteiger partial charge in [-0.2, -0.15) is 0 Å². The van der Waals surface area contributed by atoms with E-state index in [0.29, 0.717) is 36.8 Å². The van der Waals surface area contributed by atoms with Gasteiger partial charge in [0.15, 0.2) is 0 Å². The number of amides is 1. The highest BCUT2D eigenvalue weighted by Crippen LogP contribution is 2.35. The van der Waals surface area contributed by atoms with Crippen molar-refractivity contribution in [1.82, 2.24) is 9.97 Å². The smallest absolute Gasteiger partial charge is 0.267 e. The van der Waals surface area contributed by atoms with Crippen molar-refractivity contribution in [2.45, 2.75) is 0 Å². The van der Waals surface area contributed by atoms with Gasteiger partial charge >= 0.3 is 0 Å². The lowest BCUT2D eigenvalue weighted by molar-refractivity contribution is 0.103. The summed E-state index contributed by atoms with van der Waals surface area (Å²) in [5, 5.41) is 4.34. The molecule has 0 radical (unpaired) electrons. The molecule has 4 rings (SSSR count). The molecule has 0 spiro atoms. The predicted octanol–water partition coefficient (Wildman–Crippen LogP) is 5.50. The molecule has 3 N–H and O–H groups in total. The van der Waals surface area contributed by atoms with Crippen LogP contribution in [0.5, 0.6) is 0 Å². The van der Waals surface area contributed by atoms with E-state index in [1.807, 2.05) is 30.3 Å². The minimum atomic E-state index is -0.362. The predicted molar refractivity (Wildman–Crippen MR) is 112 cm³/mol. The van der Waals surface area contributed by atoms with Gasteiger partial charge in [0.1, 0.15) is 9.71 Å². The Kier molecular flexibility index (Phi) is 4.70. The number of hydrogen-bond donors (Lipinski definition) is 2.